The Hall–Kier alpha value is -5.14. The molecule has 2 aromatic heterocycles. The minimum Gasteiger partial charge on any atom is -0.493 e. The molecule has 0 saturated heterocycles. The summed E-state index contributed by atoms with van der Waals surface area (Å²) in [4.78, 5) is 13.1. The molecule has 0 fully saturated rings. The molecule has 0 aliphatic carbocycles. The van der Waals surface area contributed by atoms with Crippen LogP contribution in [0.5, 0.6) is 23.0 Å². The number of hydrogen-bond acceptors (Lipinski definition) is 12. The molecule has 2 aromatic carbocycles. The molecule has 14 heteroatoms. The maximum absolute atomic E-state index is 13.1. The number of anilines is 1. The van der Waals surface area contributed by atoms with Gasteiger partial charge < -0.3 is 24.7 Å². The standard InChI is InChI=1S/C22H20N8O6/c1-3-33-14-6-4-12(8-16(14)32-2)10-24-26-22(31)18-19(13-5-7-15-17(9-13)35-11-34-15)30(29-25-18)21-20(23)27-36-28-21/h4-10H,3,11H2,1-2H3,(H2,23,27)(H,26,31). The lowest BCUT2D eigenvalue weighted by Gasteiger charge is -2.09. The first-order chi connectivity index (χ1) is 17.6. The molecule has 0 spiro atoms. The highest BCUT2D eigenvalue weighted by Gasteiger charge is 2.26. The zero-order valence-electron chi connectivity index (χ0n) is 19.2. The average molecular weight is 492 g/mol. The van der Waals surface area contributed by atoms with Gasteiger partial charge in [0.25, 0.3) is 5.91 Å². The van der Waals surface area contributed by atoms with Crippen LogP contribution in [0, 0.1) is 0 Å². The van der Waals surface area contributed by atoms with E-state index in [9.17, 15) is 4.79 Å². The van der Waals surface area contributed by atoms with Crippen LogP contribution in [-0.4, -0.2) is 57.9 Å². The molecular formula is C22H20N8O6. The van der Waals surface area contributed by atoms with Crippen molar-refractivity contribution in [2.45, 2.75) is 6.92 Å². The van der Waals surface area contributed by atoms with Gasteiger partial charge in [-0.05, 0) is 59.2 Å². The third-order valence-electron chi connectivity index (χ3n) is 5.09. The number of nitrogen functional groups attached to an aromatic ring is 1. The molecule has 14 nitrogen and oxygen atoms in total. The van der Waals surface area contributed by atoms with E-state index in [1.165, 1.54) is 10.9 Å². The minimum atomic E-state index is -0.627. The van der Waals surface area contributed by atoms with Crippen molar-refractivity contribution in [2.75, 3.05) is 26.2 Å². The number of methoxy groups -OCH3 is 1. The van der Waals surface area contributed by atoms with Gasteiger partial charge in [0.15, 0.2) is 28.7 Å². The van der Waals surface area contributed by atoms with Crippen molar-refractivity contribution in [1.82, 2.24) is 30.7 Å². The van der Waals surface area contributed by atoms with Crippen LogP contribution < -0.4 is 30.1 Å². The van der Waals surface area contributed by atoms with Crippen molar-refractivity contribution >= 4 is 17.9 Å². The smallest absolute Gasteiger partial charge is 0.294 e. The van der Waals surface area contributed by atoms with Gasteiger partial charge in [-0.15, -0.1) is 5.10 Å². The number of hydrazone groups is 1. The molecule has 1 aliphatic heterocycles. The van der Waals surface area contributed by atoms with Crippen LogP contribution in [0.2, 0.25) is 0 Å². The third kappa shape index (κ3) is 4.22. The Morgan fingerprint density at radius 1 is 1.19 bits per heavy atom. The zero-order valence-corrected chi connectivity index (χ0v) is 19.2. The SMILES string of the molecule is CCOc1ccc(C=NNC(=O)c2nnn(-c3nonc3N)c2-c2ccc3c(c2)OCO3)cc1OC. The Balaban J connectivity index is 1.45. The van der Waals surface area contributed by atoms with Gasteiger partial charge in [0.05, 0.1) is 19.9 Å². The number of nitrogens with two attached hydrogens (primary N) is 1. The summed E-state index contributed by atoms with van der Waals surface area (Å²) in [6.07, 6.45) is 1.46. The third-order valence-corrected chi connectivity index (χ3v) is 5.09. The van der Waals surface area contributed by atoms with Crippen molar-refractivity contribution in [3.8, 4) is 40.1 Å². The summed E-state index contributed by atoms with van der Waals surface area (Å²) in [6.45, 7) is 2.48. The largest absolute Gasteiger partial charge is 0.493 e. The lowest BCUT2D eigenvalue weighted by atomic mass is 10.1. The molecule has 0 bridgehead atoms. The fourth-order valence-corrected chi connectivity index (χ4v) is 3.48. The number of nitrogens with zero attached hydrogens (tertiary/aromatic N) is 6. The number of fused-ring (bicyclic) bond motifs is 1. The minimum absolute atomic E-state index is 0.0312. The predicted octanol–water partition coefficient (Wildman–Crippen LogP) is 1.80. The Labute approximate surface area is 203 Å². The van der Waals surface area contributed by atoms with Gasteiger partial charge in [0, 0.05) is 5.56 Å². The Morgan fingerprint density at radius 2 is 2.06 bits per heavy atom. The molecule has 3 heterocycles. The summed E-state index contributed by atoms with van der Waals surface area (Å²) < 4.78 is 27.6. The highest BCUT2D eigenvalue weighted by Crippen LogP contribution is 2.37. The molecule has 184 valence electrons. The van der Waals surface area contributed by atoms with E-state index in [0.717, 1.165) is 0 Å². The van der Waals surface area contributed by atoms with E-state index in [1.807, 2.05) is 6.92 Å². The van der Waals surface area contributed by atoms with Crippen molar-refractivity contribution in [3.63, 3.8) is 0 Å². The summed E-state index contributed by atoms with van der Waals surface area (Å²) in [6, 6.07) is 10.4. The maximum Gasteiger partial charge on any atom is 0.294 e. The predicted molar refractivity (Wildman–Crippen MR) is 124 cm³/mol. The van der Waals surface area contributed by atoms with Crippen molar-refractivity contribution in [2.24, 2.45) is 5.10 Å². The van der Waals surface area contributed by atoms with E-state index in [0.29, 0.717) is 40.7 Å². The van der Waals surface area contributed by atoms with E-state index in [2.05, 4.69) is 35.8 Å². The highest BCUT2D eigenvalue weighted by atomic mass is 16.7. The van der Waals surface area contributed by atoms with E-state index < -0.39 is 5.91 Å². The topological polar surface area (TPSA) is 174 Å². The first-order valence-corrected chi connectivity index (χ1v) is 10.7. The molecular weight excluding hydrogens is 472 g/mol. The fourth-order valence-electron chi connectivity index (χ4n) is 3.48. The first-order valence-electron chi connectivity index (χ1n) is 10.7. The van der Waals surface area contributed by atoms with Gasteiger partial charge in [0.2, 0.25) is 18.4 Å². The number of amides is 1. The Bertz CT molecular complexity index is 1450. The number of nitrogens with one attached hydrogen (secondary N) is 1. The molecule has 36 heavy (non-hydrogen) atoms. The molecule has 0 saturated carbocycles. The average Bonchev–Trinajstić information content (AvgIpc) is 3.63. The van der Waals surface area contributed by atoms with Gasteiger partial charge in [-0.3, -0.25) is 4.79 Å². The van der Waals surface area contributed by atoms with E-state index in [1.54, 1.807) is 43.5 Å². The number of hydrogen-bond donors (Lipinski definition) is 2. The van der Waals surface area contributed by atoms with Crippen molar-refractivity contribution < 1.29 is 28.4 Å². The molecule has 4 aromatic rings. The normalized spacial score (nSPS) is 12.2. The van der Waals surface area contributed by atoms with E-state index in [4.69, 9.17) is 24.7 Å². The number of aromatic nitrogens is 5. The van der Waals surface area contributed by atoms with Gasteiger partial charge >= 0.3 is 0 Å². The van der Waals surface area contributed by atoms with E-state index >= 15 is 0 Å². The molecule has 0 atom stereocenters. The quantitative estimate of drug-likeness (QED) is 0.271. The van der Waals surface area contributed by atoms with Crippen LogP contribution in [0.4, 0.5) is 5.82 Å². The molecule has 1 aliphatic rings. The zero-order chi connectivity index (χ0) is 25.1. The van der Waals surface area contributed by atoms with E-state index in [-0.39, 0.29) is 29.8 Å². The molecule has 5 rings (SSSR count). The molecule has 0 unspecified atom stereocenters. The molecule has 1 amide bonds. The highest BCUT2D eigenvalue weighted by molar-refractivity contribution is 5.99. The van der Waals surface area contributed by atoms with Crippen LogP contribution in [0.3, 0.4) is 0 Å². The number of carbonyl (C=O) groups excluding carboxylic acids is 1. The number of rotatable bonds is 8. The Kier molecular flexibility index (Phi) is 6.05. The van der Waals surface area contributed by atoms with Gasteiger partial charge in [-0.1, -0.05) is 5.21 Å². The summed E-state index contributed by atoms with van der Waals surface area (Å²) >= 11 is 0. The van der Waals surface area contributed by atoms with Crippen LogP contribution in [0.15, 0.2) is 46.1 Å². The second kappa shape index (κ2) is 9.61. The number of benzene rings is 2. The number of carbonyl (C=O) groups is 1. The number of ether oxygens (including phenoxy) is 4. The summed E-state index contributed by atoms with van der Waals surface area (Å²) in [5, 5.41) is 19.4. The second-order valence-electron chi connectivity index (χ2n) is 7.28. The van der Waals surface area contributed by atoms with Gasteiger partial charge in [-0.2, -0.15) is 9.78 Å². The molecule has 3 N–H and O–H groups in total. The van der Waals surface area contributed by atoms with Crippen molar-refractivity contribution in [1.29, 1.82) is 0 Å². The van der Waals surface area contributed by atoms with Crippen LogP contribution in [0.1, 0.15) is 23.0 Å². The second-order valence-corrected chi connectivity index (χ2v) is 7.28. The van der Waals surface area contributed by atoms with Crippen molar-refractivity contribution in [3.05, 3.63) is 47.7 Å². The van der Waals surface area contributed by atoms with Gasteiger partial charge in [-0.25, -0.2) is 10.1 Å². The summed E-state index contributed by atoms with van der Waals surface area (Å²) in [5.41, 5.74) is 9.75. The molecule has 0 radical (unpaired) electrons. The summed E-state index contributed by atoms with van der Waals surface area (Å²) in [5.74, 6) is 1.63. The first kappa shape index (κ1) is 22.6. The van der Waals surface area contributed by atoms with Crippen LogP contribution in [0.25, 0.3) is 17.1 Å². The Morgan fingerprint density at radius 3 is 2.83 bits per heavy atom. The monoisotopic (exact) mass is 492 g/mol. The maximum atomic E-state index is 13.1. The summed E-state index contributed by atoms with van der Waals surface area (Å²) in [7, 11) is 1.54. The lowest BCUT2D eigenvalue weighted by molar-refractivity contribution is 0.0950. The van der Waals surface area contributed by atoms with Crippen LogP contribution in [-0.2, 0) is 0 Å². The lowest BCUT2D eigenvalue weighted by Crippen LogP contribution is -2.19. The fraction of sp³-hybridized carbons (Fsp3) is 0.182. The van der Waals surface area contributed by atoms with Gasteiger partial charge in [0.1, 0.15) is 5.69 Å². The van der Waals surface area contributed by atoms with Crippen LogP contribution >= 0.6 is 0 Å².